The van der Waals surface area contributed by atoms with Gasteiger partial charge in [0.2, 0.25) is 0 Å². The van der Waals surface area contributed by atoms with E-state index in [0.29, 0.717) is 25.2 Å². The Kier molecular flexibility index (Phi) is 4.03. The summed E-state index contributed by atoms with van der Waals surface area (Å²) in [7, 11) is 0. The van der Waals surface area contributed by atoms with Gasteiger partial charge in [-0.2, -0.15) is 0 Å². The second kappa shape index (κ2) is 5.97. The quantitative estimate of drug-likeness (QED) is 0.914. The van der Waals surface area contributed by atoms with E-state index in [-0.39, 0.29) is 11.8 Å². The van der Waals surface area contributed by atoms with Crippen molar-refractivity contribution in [3.63, 3.8) is 0 Å². The van der Waals surface area contributed by atoms with Crippen LogP contribution in [-0.4, -0.2) is 39.6 Å². The fourth-order valence-electron chi connectivity index (χ4n) is 3.12. The first-order valence-corrected chi connectivity index (χ1v) is 7.75. The van der Waals surface area contributed by atoms with E-state index in [1.165, 1.54) is 5.56 Å². The van der Waals surface area contributed by atoms with E-state index in [2.05, 4.69) is 17.1 Å². The van der Waals surface area contributed by atoms with Gasteiger partial charge in [0.05, 0.1) is 5.60 Å². The fraction of sp³-hybridized carbons (Fsp3) is 0.389. The number of aromatic nitrogens is 1. The van der Waals surface area contributed by atoms with Gasteiger partial charge in [0, 0.05) is 25.2 Å². The molecule has 0 bridgehead atoms. The van der Waals surface area contributed by atoms with E-state index in [0.717, 1.165) is 6.42 Å². The molecule has 2 N–H and O–H groups in total. The van der Waals surface area contributed by atoms with Crippen molar-refractivity contribution in [3.8, 4) is 0 Å². The SMILES string of the molecule is C[C@@]1(O)CCN(C(=O)c2ccc[nH]2)C[C@@H]1Cc1ccccc1. The lowest BCUT2D eigenvalue weighted by Crippen LogP contribution is -2.52. The molecular formula is C18H22N2O2. The van der Waals surface area contributed by atoms with Gasteiger partial charge in [0.15, 0.2) is 0 Å². The van der Waals surface area contributed by atoms with Gasteiger partial charge in [-0.15, -0.1) is 0 Å². The Morgan fingerprint density at radius 1 is 1.32 bits per heavy atom. The van der Waals surface area contributed by atoms with Crippen molar-refractivity contribution in [2.24, 2.45) is 5.92 Å². The van der Waals surface area contributed by atoms with Crippen LogP contribution in [0.1, 0.15) is 29.4 Å². The maximum Gasteiger partial charge on any atom is 0.270 e. The Bertz CT molecular complexity index is 620. The summed E-state index contributed by atoms with van der Waals surface area (Å²) in [4.78, 5) is 17.3. The van der Waals surface area contributed by atoms with Gasteiger partial charge in [-0.1, -0.05) is 30.3 Å². The number of H-pyrrole nitrogens is 1. The number of carbonyl (C=O) groups excluding carboxylic acids is 1. The molecule has 2 atom stereocenters. The van der Waals surface area contributed by atoms with Crippen LogP contribution in [0.25, 0.3) is 0 Å². The van der Waals surface area contributed by atoms with Crippen molar-refractivity contribution in [3.05, 3.63) is 59.9 Å². The third kappa shape index (κ3) is 3.07. The van der Waals surface area contributed by atoms with Crippen molar-refractivity contribution < 1.29 is 9.90 Å². The Labute approximate surface area is 130 Å². The van der Waals surface area contributed by atoms with Crippen molar-refractivity contribution in [1.29, 1.82) is 0 Å². The molecule has 1 aliphatic rings. The molecule has 0 unspecified atom stereocenters. The highest BCUT2D eigenvalue weighted by molar-refractivity contribution is 5.92. The molecule has 1 aliphatic heterocycles. The fourth-order valence-corrected chi connectivity index (χ4v) is 3.12. The molecule has 1 aromatic carbocycles. The number of nitrogens with zero attached hydrogens (tertiary/aromatic N) is 1. The highest BCUT2D eigenvalue weighted by Crippen LogP contribution is 2.31. The maximum absolute atomic E-state index is 12.5. The Morgan fingerprint density at radius 2 is 2.09 bits per heavy atom. The molecule has 0 saturated carbocycles. The van der Waals surface area contributed by atoms with Crippen LogP contribution in [-0.2, 0) is 6.42 Å². The molecule has 0 aliphatic carbocycles. The zero-order chi connectivity index (χ0) is 15.6. The second-order valence-electron chi connectivity index (χ2n) is 6.33. The van der Waals surface area contributed by atoms with Crippen LogP contribution in [0.3, 0.4) is 0 Å². The molecule has 4 heteroatoms. The van der Waals surface area contributed by atoms with Crippen molar-refractivity contribution in [2.75, 3.05) is 13.1 Å². The zero-order valence-corrected chi connectivity index (χ0v) is 12.8. The number of carbonyl (C=O) groups is 1. The highest BCUT2D eigenvalue weighted by Gasteiger charge is 2.39. The first-order valence-electron chi connectivity index (χ1n) is 7.75. The number of hydrogen-bond acceptors (Lipinski definition) is 2. The lowest BCUT2D eigenvalue weighted by atomic mass is 9.79. The third-order valence-electron chi connectivity index (χ3n) is 4.65. The van der Waals surface area contributed by atoms with Gasteiger partial charge in [-0.05, 0) is 37.5 Å². The Balaban J connectivity index is 1.74. The first kappa shape index (κ1) is 14.9. The first-order chi connectivity index (χ1) is 10.6. The van der Waals surface area contributed by atoms with Crippen LogP contribution < -0.4 is 0 Å². The summed E-state index contributed by atoms with van der Waals surface area (Å²) >= 11 is 0. The number of aliphatic hydroxyl groups is 1. The Morgan fingerprint density at radius 3 is 2.77 bits per heavy atom. The highest BCUT2D eigenvalue weighted by atomic mass is 16.3. The van der Waals surface area contributed by atoms with Crippen molar-refractivity contribution >= 4 is 5.91 Å². The monoisotopic (exact) mass is 298 g/mol. The largest absolute Gasteiger partial charge is 0.390 e. The van der Waals surface area contributed by atoms with E-state index in [9.17, 15) is 9.90 Å². The molecule has 4 nitrogen and oxygen atoms in total. The molecule has 3 rings (SSSR count). The second-order valence-corrected chi connectivity index (χ2v) is 6.33. The molecule has 1 saturated heterocycles. The van der Waals surface area contributed by atoms with Crippen LogP contribution in [0.5, 0.6) is 0 Å². The van der Waals surface area contributed by atoms with Gasteiger partial charge in [-0.3, -0.25) is 4.79 Å². The minimum atomic E-state index is -0.734. The molecule has 1 aromatic heterocycles. The smallest absolute Gasteiger partial charge is 0.270 e. The maximum atomic E-state index is 12.5. The predicted molar refractivity (Wildman–Crippen MR) is 85.6 cm³/mol. The average Bonchev–Trinajstić information content (AvgIpc) is 3.04. The summed E-state index contributed by atoms with van der Waals surface area (Å²) < 4.78 is 0. The van der Waals surface area contributed by atoms with Gasteiger partial charge in [0.25, 0.3) is 5.91 Å². The molecule has 1 fully saturated rings. The van der Waals surface area contributed by atoms with Crippen LogP contribution in [0, 0.1) is 5.92 Å². The average molecular weight is 298 g/mol. The van der Waals surface area contributed by atoms with E-state index >= 15 is 0 Å². The minimum absolute atomic E-state index is 0.0126. The Hall–Kier alpha value is -2.07. The molecule has 22 heavy (non-hydrogen) atoms. The van der Waals surface area contributed by atoms with Gasteiger partial charge < -0.3 is 15.0 Å². The number of rotatable bonds is 3. The van der Waals surface area contributed by atoms with Gasteiger partial charge in [-0.25, -0.2) is 0 Å². The molecular weight excluding hydrogens is 276 g/mol. The minimum Gasteiger partial charge on any atom is -0.390 e. The number of aromatic amines is 1. The molecule has 2 aromatic rings. The van der Waals surface area contributed by atoms with E-state index in [1.54, 1.807) is 12.3 Å². The van der Waals surface area contributed by atoms with E-state index in [4.69, 9.17) is 0 Å². The van der Waals surface area contributed by atoms with Crippen LogP contribution >= 0.6 is 0 Å². The molecule has 116 valence electrons. The molecule has 0 spiro atoms. The topological polar surface area (TPSA) is 56.3 Å². The molecule has 0 radical (unpaired) electrons. The lowest BCUT2D eigenvalue weighted by molar-refractivity contribution is -0.0508. The number of likely N-dealkylation sites (tertiary alicyclic amines) is 1. The number of benzene rings is 1. The molecule has 2 heterocycles. The van der Waals surface area contributed by atoms with E-state index in [1.807, 2.05) is 36.1 Å². The van der Waals surface area contributed by atoms with Crippen molar-refractivity contribution in [1.82, 2.24) is 9.88 Å². The van der Waals surface area contributed by atoms with Crippen LogP contribution in [0.4, 0.5) is 0 Å². The summed E-state index contributed by atoms with van der Waals surface area (Å²) in [6.07, 6.45) is 3.15. The number of hydrogen-bond donors (Lipinski definition) is 2. The van der Waals surface area contributed by atoms with Crippen LogP contribution in [0.15, 0.2) is 48.7 Å². The summed E-state index contributed by atoms with van der Waals surface area (Å²) in [5.74, 6) is 0.0566. The third-order valence-corrected chi connectivity index (χ3v) is 4.65. The summed E-state index contributed by atoms with van der Waals surface area (Å²) in [5, 5.41) is 10.7. The number of nitrogens with one attached hydrogen (secondary N) is 1. The van der Waals surface area contributed by atoms with Gasteiger partial charge in [0.1, 0.15) is 5.69 Å². The van der Waals surface area contributed by atoms with Crippen molar-refractivity contribution in [2.45, 2.75) is 25.4 Å². The number of piperidine rings is 1. The van der Waals surface area contributed by atoms with Gasteiger partial charge >= 0.3 is 0 Å². The predicted octanol–water partition coefficient (Wildman–Crippen LogP) is 2.47. The van der Waals surface area contributed by atoms with E-state index < -0.39 is 5.60 Å². The lowest BCUT2D eigenvalue weighted by Gasteiger charge is -2.42. The summed E-state index contributed by atoms with van der Waals surface area (Å²) in [5.41, 5.74) is 1.07. The summed E-state index contributed by atoms with van der Waals surface area (Å²) in [6, 6.07) is 13.8. The normalized spacial score (nSPS) is 25.2. The number of amides is 1. The standard InChI is InChI=1S/C18H22N2O2/c1-18(22)9-11-20(17(21)16-8-5-10-19-16)13-15(18)12-14-6-3-2-4-7-14/h2-8,10,15,19,22H,9,11-13H2,1H3/t15-,18+/m0/s1. The zero-order valence-electron chi connectivity index (χ0n) is 12.8. The van der Waals surface area contributed by atoms with Crippen LogP contribution in [0.2, 0.25) is 0 Å². The molecule has 1 amide bonds. The summed E-state index contributed by atoms with van der Waals surface area (Å²) in [6.45, 7) is 3.06.